The van der Waals surface area contributed by atoms with Gasteiger partial charge in [-0.1, -0.05) is 55.0 Å². The van der Waals surface area contributed by atoms with Crippen molar-refractivity contribution in [2.75, 3.05) is 6.54 Å². The van der Waals surface area contributed by atoms with Crippen molar-refractivity contribution in [1.29, 1.82) is 0 Å². The third-order valence-electron chi connectivity index (χ3n) is 3.59. The van der Waals surface area contributed by atoms with Crippen LogP contribution in [0.1, 0.15) is 40.7 Å². The molecule has 20 heavy (non-hydrogen) atoms. The third kappa shape index (κ3) is 3.70. The second kappa shape index (κ2) is 6.90. The summed E-state index contributed by atoms with van der Waals surface area (Å²) in [5.74, 6) is 0.366. The molecule has 0 heterocycles. The van der Waals surface area contributed by atoms with Crippen LogP contribution in [0.25, 0.3) is 0 Å². The summed E-state index contributed by atoms with van der Waals surface area (Å²) >= 11 is 0. The molecule has 0 aliphatic rings. The Labute approximate surface area is 120 Å². The molecule has 0 saturated carbocycles. The SMILES string of the molecule is CCC(CNC(=O)c1ccc(C)cc1)c1ccccc1. The first-order valence-electron chi connectivity index (χ1n) is 7.10. The van der Waals surface area contributed by atoms with E-state index in [1.165, 1.54) is 5.56 Å². The van der Waals surface area contributed by atoms with Gasteiger partial charge in [-0.2, -0.15) is 0 Å². The number of carbonyl (C=O) groups is 1. The fourth-order valence-corrected chi connectivity index (χ4v) is 2.25. The predicted molar refractivity (Wildman–Crippen MR) is 83.0 cm³/mol. The van der Waals surface area contributed by atoms with Crippen LogP contribution in [-0.4, -0.2) is 12.5 Å². The van der Waals surface area contributed by atoms with Gasteiger partial charge in [0.25, 0.3) is 5.91 Å². The highest BCUT2D eigenvalue weighted by atomic mass is 16.1. The van der Waals surface area contributed by atoms with E-state index in [2.05, 4.69) is 24.4 Å². The summed E-state index contributed by atoms with van der Waals surface area (Å²) in [6, 6.07) is 18.0. The van der Waals surface area contributed by atoms with Crippen molar-refractivity contribution in [3.8, 4) is 0 Å². The molecule has 1 atom stereocenters. The quantitative estimate of drug-likeness (QED) is 0.874. The molecule has 2 heteroatoms. The van der Waals surface area contributed by atoms with E-state index >= 15 is 0 Å². The molecule has 1 amide bonds. The minimum Gasteiger partial charge on any atom is -0.351 e. The molecule has 2 nitrogen and oxygen atoms in total. The molecule has 0 radical (unpaired) electrons. The minimum atomic E-state index is -0.000573. The Balaban J connectivity index is 1.96. The molecule has 0 spiro atoms. The van der Waals surface area contributed by atoms with Gasteiger partial charge in [-0.25, -0.2) is 0 Å². The van der Waals surface area contributed by atoms with Crippen LogP contribution in [0.15, 0.2) is 54.6 Å². The summed E-state index contributed by atoms with van der Waals surface area (Å²) in [4.78, 5) is 12.1. The van der Waals surface area contributed by atoms with Crippen molar-refractivity contribution in [2.45, 2.75) is 26.2 Å². The highest BCUT2D eigenvalue weighted by Crippen LogP contribution is 2.18. The summed E-state index contributed by atoms with van der Waals surface area (Å²) in [7, 11) is 0. The maximum atomic E-state index is 12.1. The molecular formula is C18H21NO. The smallest absolute Gasteiger partial charge is 0.251 e. The fraction of sp³-hybridized carbons (Fsp3) is 0.278. The van der Waals surface area contributed by atoms with Crippen molar-refractivity contribution in [3.05, 3.63) is 71.3 Å². The Morgan fingerprint density at radius 1 is 1.05 bits per heavy atom. The maximum absolute atomic E-state index is 12.1. The fourth-order valence-electron chi connectivity index (χ4n) is 2.25. The lowest BCUT2D eigenvalue weighted by Gasteiger charge is -2.16. The Morgan fingerprint density at radius 3 is 2.30 bits per heavy atom. The van der Waals surface area contributed by atoms with E-state index < -0.39 is 0 Å². The largest absolute Gasteiger partial charge is 0.351 e. The summed E-state index contributed by atoms with van der Waals surface area (Å²) < 4.78 is 0. The van der Waals surface area contributed by atoms with Crippen LogP contribution in [0, 0.1) is 6.92 Å². The predicted octanol–water partition coefficient (Wildman–Crippen LogP) is 3.92. The van der Waals surface area contributed by atoms with Gasteiger partial charge in [-0.05, 0) is 31.0 Å². The van der Waals surface area contributed by atoms with Crippen molar-refractivity contribution < 1.29 is 4.79 Å². The zero-order valence-electron chi connectivity index (χ0n) is 12.1. The minimum absolute atomic E-state index is 0.000573. The number of hydrogen-bond acceptors (Lipinski definition) is 1. The molecule has 2 aromatic carbocycles. The van der Waals surface area contributed by atoms with Gasteiger partial charge in [0.1, 0.15) is 0 Å². The molecule has 1 unspecified atom stereocenters. The molecule has 1 N–H and O–H groups in total. The number of aryl methyl sites for hydroxylation is 1. The van der Waals surface area contributed by atoms with E-state index in [4.69, 9.17) is 0 Å². The molecule has 2 aromatic rings. The lowest BCUT2D eigenvalue weighted by atomic mass is 9.96. The summed E-state index contributed by atoms with van der Waals surface area (Å²) in [5, 5.41) is 3.03. The van der Waals surface area contributed by atoms with Crippen LogP contribution in [0.4, 0.5) is 0 Å². The molecule has 2 rings (SSSR count). The molecule has 0 aliphatic heterocycles. The normalized spacial score (nSPS) is 11.9. The van der Waals surface area contributed by atoms with Crippen LogP contribution in [0.5, 0.6) is 0 Å². The van der Waals surface area contributed by atoms with Crippen LogP contribution >= 0.6 is 0 Å². The highest BCUT2D eigenvalue weighted by Gasteiger charge is 2.11. The van der Waals surface area contributed by atoms with Crippen LogP contribution in [-0.2, 0) is 0 Å². The monoisotopic (exact) mass is 267 g/mol. The lowest BCUT2D eigenvalue weighted by Crippen LogP contribution is -2.28. The Hall–Kier alpha value is -2.09. The average Bonchev–Trinajstić information content (AvgIpc) is 2.49. The van der Waals surface area contributed by atoms with Crippen LogP contribution in [0.2, 0.25) is 0 Å². The second-order valence-corrected chi connectivity index (χ2v) is 5.09. The maximum Gasteiger partial charge on any atom is 0.251 e. The number of amides is 1. The first kappa shape index (κ1) is 14.3. The second-order valence-electron chi connectivity index (χ2n) is 5.09. The molecule has 0 aliphatic carbocycles. The number of nitrogens with one attached hydrogen (secondary N) is 1. The van der Waals surface area contributed by atoms with Gasteiger partial charge < -0.3 is 5.32 Å². The van der Waals surface area contributed by atoms with Gasteiger partial charge in [0.2, 0.25) is 0 Å². The van der Waals surface area contributed by atoms with E-state index in [-0.39, 0.29) is 5.91 Å². The summed E-state index contributed by atoms with van der Waals surface area (Å²) in [6.45, 7) is 4.84. The molecule has 0 saturated heterocycles. The van der Waals surface area contributed by atoms with Crippen molar-refractivity contribution in [3.63, 3.8) is 0 Å². The van der Waals surface area contributed by atoms with Crippen molar-refractivity contribution in [2.24, 2.45) is 0 Å². The number of carbonyl (C=O) groups excluding carboxylic acids is 1. The van der Waals surface area contributed by atoms with E-state index in [1.807, 2.05) is 49.4 Å². The molecule has 0 aromatic heterocycles. The van der Waals surface area contributed by atoms with Gasteiger partial charge in [-0.3, -0.25) is 4.79 Å². The molecule has 104 valence electrons. The van der Waals surface area contributed by atoms with E-state index in [1.54, 1.807) is 0 Å². The molecule has 0 bridgehead atoms. The Kier molecular flexibility index (Phi) is 4.94. The molecular weight excluding hydrogens is 246 g/mol. The zero-order chi connectivity index (χ0) is 14.4. The van der Waals surface area contributed by atoms with Gasteiger partial charge in [0, 0.05) is 18.0 Å². The first-order valence-corrected chi connectivity index (χ1v) is 7.10. The summed E-state index contributed by atoms with van der Waals surface area (Å²) in [5.41, 5.74) is 3.16. The van der Waals surface area contributed by atoms with Crippen molar-refractivity contribution in [1.82, 2.24) is 5.32 Å². The highest BCUT2D eigenvalue weighted by molar-refractivity contribution is 5.94. The van der Waals surface area contributed by atoms with Gasteiger partial charge >= 0.3 is 0 Å². The zero-order valence-corrected chi connectivity index (χ0v) is 12.1. The number of benzene rings is 2. The van der Waals surface area contributed by atoms with Gasteiger partial charge in [0.05, 0.1) is 0 Å². The van der Waals surface area contributed by atoms with Crippen LogP contribution < -0.4 is 5.32 Å². The van der Waals surface area contributed by atoms with E-state index in [0.29, 0.717) is 12.5 Å². The third-order valence-corrected chi connectivity index (χ3v) is 3.59. The first-order chi connectivity index (χ1) is 9.70. The standard InChI is InChI=1S/C18H21NO/c1-3-15(16-7-5-4-6-8-16)13-19-18(20)17-11-9-14(2)10-12-17/h4-12,15H,3,13H2,1-2H3,(H,19,20). The number of rotatable bonds is 5. The van der Waals surface area contributed by atoms with Crippen molar-refractivity contribution >= 4 is 5.91 Å². The summed E-state index contributed by atoms with van der Waals surface area (Å²) in [6.07, 6.45) is 1.01. The van der Waals surface area contributed by atoms with Gasteiger partial charge in [0.15, 0.2) is 0 Å². The van der Waals surface area contributed by atoms with Crippen LogP contribution in [0.3, 0.4) is 0 Å². The lowest BCUT2D eigenvalue weighted by molar-refractivity contribution is 0.0951. The Morgan fingerprint density at radius 2 is 1.70 bits per heavy atom. The number of hydrogen-bond donors (Lipinski definition) is 1. The average molecular weight is 267 g/mol. The van der Waals surface area contributed by atoms with Gasteiger partial charge in [-0.15, -0.1) is 0 Å². The molecule has 0 fully saturated rings. The van der Waals surface area contributed by atoms with E-state index in [0.717, 1.165) is 17.5 Å². The Bertz CT molecular complexity index is 545. The van der Waals surface area contributed by atoms with E-state index in [9.17, 15) is 4.79 Å². The topological polar surface area (TPSA) is 29.1 Å².